The fourth-order valence-electron chi connectivity index (χ4n) is 1.99. The van der Waals surface area contributed by atoms with Crippen molar-refractivity contribution < 1.29 is 14.3 Å². The van der Waals surface area contributed by atoms with Crippen LogP contribution in [-0.2, 0) is 13.2 Å². The molecule has 0 saturated heterocycles. The number of aromatic amines is 1. The van der Waals surface area contributed by atoms with Crippen LogP contribution >= 0.6 is 0 Å². The summed E-state index contributed by atoms with van der Waals surface area (Å²) in [6.45, 7) is 1.40. The molecule has 0 radical (unpaired) electrons. The van der Waals surface area contributed by atoms with Gasteiger partial charge in [0.25, 0.3) is 11.5 Å². The van der Waals surface area contributed by atoms with Crippen LogP contribution in [0.25, 0.3) is 0 Å². The van der Waals surface area contributed by atoms with Crippen LogP contribution in [-0.4, -0.2) is 16.0 Å². The van der Waals surface area contributed by atoms with E-state index in [4.69, 9.17) is 5.11 Å². The Morgan fingerprint density at radius 2 is 2.14 bits per heavy atom. The normalized spacial score (nSPS) is 10.4. The molecule has 1 aromatic heterocycles. The summed E-state index contributed by atoms with van der Waals surface area (Å²) in [5, 5.41) is 11.6. The topological polar surface area (TPSA) is 82.2 Å². The van der Waals surface area contributed by atoms with Crippen LogP contribution in [0.5, 0.6) is 0 Å². The molecule has 110 valence electrons. The average Bonchev–Trinajstić information content (AvgIpc) is 2.46. The van der Waals surface area contributed by atoms with Crippen molar-refractivity contribution in [2.75, 3.05) is 0 Å². The van der Waals surface area contributed by atoms with Crippen molar-refractivity contribution in [2.24, 2.45) is 0 Å². The molecule has 0 fully saturated rings. The number of aryl methyl sites for hydroxylation is 1. The number of amides is 1. The SMILES string of the molecule is Cc1cc[nH]c(=O)c1C(=O)NCc1ccc(F)c(CO)c1. The summed E-state index contributed by atoms with van der Waals surface area (Å²) in [6.07, 6.45) is 1.47. The lowest BCUT2D eigenvalue weighted by molar-refractivity contribution is 0.0948. The summed E-state index contributed by atoms with van der Waals surface area (Å²) in [5.41, 5.74) is 0.977. The van der Waals surface area contributed by atoms with Crippen molar-refractivity contribution in [1.82, 2.24) is 10.3 Å². The van der Waals surface area contributed by atoms with Crippen LogP contribution in [0.3, 0.4) is 0 Å². The third-order valence-electron chi connectivity index (χ3n) is 3.13. The third-order valence-corrected chi connectivity index (χ3v) is 3.13. The number of rotatable bonds is 4. The standard InChI is InChI=1S/C15H15FN2O3/c1-9-4-5-17-14(20)13(9)15(21)18-7-10-2-3-12(16)11(6-10)8-19/h2-6,19H,7-8H2,1H3,(H,17,20)(H,18,21). The van der Waals surface area contributed by atoms with E-state index in [1.165, 1.54) is 24.4 Å². The molecular formula is C15H15FN2O3. The van der Waals surface area contributed by atoms with Gasteiger partial charge in [0.15, 0.2) is 0 Å². The number of carbonyl (C=O) groups is 1. The zero-order chi connectivity index (χ0) is 15.4. The fraction of sp³-hybridized carbons (Fsp3) is 0.200. The molecule has 2 aromatic rings. The maximum Gasteiger partial charge on any atom is 0.261 e. The first-order valence-electron chi connectivity index (χ1n) is 6.37. The number of aliphatic hydroxyl groups excluding tert-OH is 1. The molecule has 0 aliphatic carbocycles. The molecule has 1 heterocycles. The molecular weight excluding hydrogens is 275 g/mol. The predicted octanol–water partition coefficient (Wildman–Crippen LogP) is 1.24. The highest BCUT2D eigenvalue weighted by atomic mass is 19.1. The Balaban J connectivity index is 2.13. The van der Waals surface area contributed by atoms with E-state index in [1.807, 2.05) is 0 Å². The molecule has 0 saturated carbocycles. The van der Waals surface area contributed by atoms with Gasteiger partial charge >= 0.3 is 0 Å². The maximum atomic E-state index is 13.2. The van der Waals surface area contributed by atoms with E-state index in [-0.39, 0.29) is 17.7 Å². The number of hydrogen-bond acceptors (Lipinski definition) is 3. The molecule has 6 heteroatoms. The van der Waals surface area contributed by atoms with Gasteiger partial charge in [0.05, 0.1) is 6.61 Å². The zero-order valence-electron chi connectivity index (χ0n) is 11.4. The molecule has 3 N–H and O–H groups in total. The van der Waals surface area contributed by atoms with Crippen LogP contribution < -0.4 is 10.9 Å². The van der Waals surface area contributed by atoms with Crippen molar-refractivity contribution in [3.63, 3.8) is 0 Å². The van der Waals surface area contributed by atoms with E-state index < -0.39 is 23.9 Å². The first kappa shape index (κ1) is 14.9. The smallest absolute Gasteiger partial charge is 0.261 e. The van der Waals surface area contributed by atoms with Gasteiger partial charge in [-0.05, 0) is 36.2 Å². The predicted molar refractivity (Wildman–Crippen MR) is 75.3 cm³/mol. The van der Waals surface area contributed by atoms with Crippen LogP contribution in [0.4, 0.5) is 4.39 Å². The van der Waals surface area contributed by atoms with Crippen molar-refractivity contribution >= 4 is 5.91 Å². The van der Waals surface area contributed by atoms with E-state index >= 15 is 0 Å². The van der Waals surface area contributed by atoms with Gasteiger partial charge in [-0.2, -0.15) is 0 Å². The number of aliphatic hydroxyl groups is 1. The molecule has 0 bridgehead atoms. The van der Waals surface area contributed by atoms with Gasteiger partial charge in [0.1, 0.15) is 11.4 Å². The van der Waals surface area contributed by atoms with E-state index in [0.29, 0.717) is 11.1 Å². The van der Waals surface area contributed by atoms with Crippen LogP contribution in [0.1, 0.15) is 27.0 Å². The van der Waals surface area contributed by atoms with Gasteiger partial charge in [-0.1, -0.05) is 6.07 Å². The van der Waals surface area contributed by atoms with Crippen molar-refractivity contribution in [2.45, 2.75) is 20.1 Å². The highest BCUT2D eigenvalue weighted by Gasteiger charge is 2.13. The molecule has 0 unspecified atom stereocenters. The monoisotopic (exact) mass is 290 g/mol. The van der Waals surface area contributed by atoms with Gasteiger partial charge in [0.2, 0.25) is 0 Å². The summed E-state index contributed by atoms with van der Waals surface area (Å²) in [6, 6.07) is 5.85. The summed E-state index contributed by atoms with van der Waals surface area (Å²) in [7, 11) is 0. The minimum absolute atomic E-state index is 0.0574. The Bertz CT molecular complexity index is 725. The van der Waals surface area contributed by atoms with Crippen molar-refractivity contribution in [3.05, 3.63) is 68.9 Å². The Labute approximate surface area is 120 Å². The van der Waals surface area contributed by atoms with E-state index in [2.05, 4.69) is 10.3 Å². The molecule has 2 rings (SSSR count). The molecule has 21 heavy (non-hydrogen) atoms. The molecule has 0 aliphatic heterocycles. The number of halogens is 1. The molecule has 0 atom stereocenters. The molecule has 1 aromatic carbocycles. The molecule has 0 aliphatic rings. The van der Waals surface area contributed by atoms with Crippen LogP contribution in [0.2, 0.25) is 0 Å². The average molecular weight is 290 g/mol. The number of nitrogens with one attached hydrogen (secondary N) is 2. The molecule has 5 nitrogen and oxygen atoms in total. The van der Waals surface area contributed by atoms with Crippen LogP contribution in [0, 0.1) is 12.7 Å². The highest BCUT2D eigenvalue weighted by Crippen LogP contribution is 2.10. The lowest BCUT2D eigenvalue weighted by Gasteiger charge is -2.08. The van der Waals surface area contributed by atoms with E-state index in [9.17, 15) is 14.0 Å². The fourth-order valence-corrected chi connectivity index (χ4v) is 1.99. The van der Waals surface area contributed by atoms with E-state index in [0.717, 1.165) is 0 Å². The second-order valence-corrected chi connectivity index (χ2v) is 4.63. The molecule has 0 spiro atoms. The largest absolute Gasteiger partial charge is 0.392 e. The minimum atomic E-state index is -0.497. The Morgan fingerprint density at radius 1 is 1.38 bits per heavy atom. The van der Waals surface area contributed by atoms with Gasteiger partial charge in [-0.25, -0.2) is 4.39 Å². The number of hydrogen-bond donors (Lipinski definition) is 3. The molecule has 1 amide bonds. The van der Waals surface area contributed by atoms with Gasteiger partial charge < -0.3 is 15.4 Å². The van der Waals surface area contributed by atoms with Gasteiger partial charge in [-0.15, -0.1) is 0 Å². The van der Waals surface area contributed by atoms with E-state index in [1.54, 1.807) is 13.0 Å². The Kier molecular flexibility index (Phi) is 4.49. The summed E-state index contributed by atoms with van der Waals surface area (Å²) < 4.78 is 13.2. The summed E-state index contributed by atoms with van der Waals surface area (Å²) >= 11 is 0. The number of pyridine rings is 1. The van der Waals surface area contributed by atoms with Gasteiger partial charge in [-0.3, -0.25) is 9.59 Å². The number of aromatic nitrogens is 1. The second-order valence-electron chi connectivity index (χ2n) is 4.63. The first-order chi connectivity index (χ1) is 10.0. The van der Waals surface area contributed by atoms with Crippen molar-refractivity contribution in [3.8, 4) is 0 Å². The summed E-state index contributed by atoms with van der Waals surface area (Å²) in [5.74, 6) is -0.993. The Hall–Kier alpha value is -2.47. The highest BCUT2D eigenvalue weighted by molar-refractivity contribution is 5.95. The van der Waals surface area contributed by atoms with Crippen LogP contribution in [0.15, 0.2) is 35.3 Å². The number of benzene rings is 1. The Morgan fingerprint density at radius 3 is 2.81 bits per heavy atom. The lowest BCUT2D eigenvalue weighted by atomic mass is 10.1. The summed E-state index contributed by atoms with van der Waals surface area (Å²) in [4.78, 5) is 26.1. The number of carbonyl (C=O) groups excluding carboxylic acids is 1. The van der Waals surface area contributed by atoms with Gasteiger partial charge in [0, 0.05) is 18.3 Å². The lowest BCUT2D eigenvalue weighted by Crippen LogP contribution is -2.30. The first-order valence-corrected chi connectivity index (χ1v) is 6.37. The number of H-pyrrole nitrogens is 1. The maximum absolute atomic E-state index is 13.2. The second kappa shape index (κ2) is 6.32. The quantitative estimate of drug-likeness (QED) is 0.792. The third kappa shape index (κ3) is 3.35. The minimum Gasteiger partial charge on any atom is -0.392 e. The van der Waals surface area contributed by atoms with Crippen molar-refractivity contribution in [1.29, 1.82) is 0 Å². The zero-order valence-corrected chi connectivity index (χ0v) is 11.4.